The van der Waals surface area contributed by atoms with E-state index in [9.17, 15) is 8.78 Å². The zero-order valence-corrected chi connectivity index (χ0v) is 13.9. The fraction of sp³-hybridized carbons (Fsp3) is 0.333. The van der Waals surface area contributed by atoms with Gasteiger partial charge in [-0.15, -0.1) is 0 Å². The van der Waals surface area contributed by atoms with E-state index in [0.717, 1.165) is 24.5 Å². The van der Waals surface area contributed by atoms with Gasteiger partial charge in [-0.2, -0.15) is 4.99 Å². The first-order chi connectivity index (χ1) is 11.3. The van der Waals surface area contributed by atoms with Crippen molar-refractivity contribution in [1.29, 1.82) is 0 Å². The zero-order valence-electron chi connectivity index (χ0n) is 13.9. The van der Waals surface area contributed by atoms with Crippen LogP contribution in [0.4, 0.5) is 8.78 Å². The number of hydrogen-bond donors (Lipinski definition) is 0. The highest BCUT2D eigenvalue weighted by Gasteiger charge is 2.41. The Morgan fingerprint density at radius 1 is 1.33 bits per heavy atom. The zero-order chi connectivity index (χ0) is 17.5. The van der Waals surface area contributed by atoms with Crippen LogP contribution in [-0.4, -0.2) is 34.8 Å². The molecule has 2 aliphatic rings. The molecule has 0 aromatic heterocycles. The van der Waals surface area contributed by atoms with E-state index in [2.05, 4.69) is 36.0 Å². The molecule has 2 aliphatic heterocycles. The van der Waals surface area contributed by atoms with Crippen molar-refractivity contribution in [2.24, 2.45) is 4.99 Å². The summed E-state index contributed by atoms with van der Waals surface area (Å²) in [6.45, 7) is 8.82. The van der Waals surface area contributed by atoms with Crippen LogP contribution in [0.2, 0.25) is 0 Å². The van der Waals surface area contributed by atoms with Crippen LogP contribution in [0.3, 0.4) is 0 Å². The van der Waals surface area contributed by atoms with Gasteiger partial charge in [0.2, 0.25) is 5.90 Å². The lowest BCUT2D eigenvalue weighted by Crippen LogP contribution is -2.36. The molecule has 3 rings (SSSR count). The van der Waals surface area contributed by atoms with Crippen molar-refractivity contribution in [1.82, 2.24) is 9.80 Å². The molecule has 6 heteroatoms. The van der Waals surface area contributed by atoms with Gasteiger partial charge in [-0.05, 0) is 31.5 Å². The molecule has 4 nitrogen and oxygen atoms in total. The number of fused-ring (bicyclic) bond motifs is 1. The number of nitrogens with zero attached hydrogens (tertiary/aromatic N) is 3. The summed E-state index contributed by atoms with van der Waals surface area (Å²) in [6, 6.07) is 3.68. The van der Waals surface area contributed by atoms with Crippen LogP contribution in [0, 0.1) is 11.6 Å². The molecule has 0 unspecified atom stereocenters. The molecule has 0 aliphatic carbocycles. The maximum absolute atomic E-state index is 13.3. The molecule has 0 saturated carbocycles. The van der Waals surface area contributed by atoms with Gasteiger partial charge in [0.15, 0.2) is 17.5 Å². The third-order valence-corrected chi connectivity index (χ3v) is 4.33. The Morgan fingerprint density at radius 3 is 2.75 bits per heavy atom. The van der Waals surface area contributed by atoms with Gasteiger partial charge in [-0.3, -0.25) is 0 Å². The normalized spacial score (nSPS) is 18.8. The third kappa shape index (κ3) is 2.81. The Kier molecular flexibility index (Phi) is 3.93. The lowest BCUT2D eigenvalue weighted by Gasteiger charge is -2.28. The number of benzene rings is 1. The molecular formula is C18H19F2N3O. The first-order valence-electron chi connectivity index (χ1n) is 7.60. The number of hydrogen-bond acceptors (Lipinski definition) is 4. The van der Waals surface area contributed by atoms with Crippen LogP contribution in [0.1, 0.15) is 19.4 Å². The van der Waals surface area contributed by atoms with Crippen LogP contribution in [0.15, 0.2) is 53.2 Å². The number of halogens is 2. The summed E-state index contributed by atoms with van der Waals surface area (Å²) < 4.78 is 31.9. The largest absolute Gasteiger partial charge is 0.473 e. The molecule has 1 saturated heterocycles. The molecule has 0 radical (unpaired) electrons. The summed E-state index contributed by atoms with van der Waals surface area (Å²) >= 11 is 0. The minimum atomic E-state index is -0.893. The average molecular weight is 331 g/mol. The second-order valence-corrected chi connectivity index (χ2v) is 6.45. The fourth-order valence-electron chi connectivity index (χ4n) is 2.73. The molecule has 1 aromatic carbocycles. The minimum absolute atomic E-state index is 0.0566. The molecule has 0 bridgehead atoms. The Bertz CT molecular complexity index is 791. The molecular weight excluding hydrogens is 312 g/mol. The lowest BCUT2D eigenvalue weighted by molar-refractivity contribution is 0.261. The van der Waals surface area contributed by atoms with Crippen molar-refractivity contribution in [3.05, 3.63) is 65.4 Å². The highest BCUT2D eigenvalue weighted by atomic mass is 19.2. The van der Waals surface area contributed by atoms with Crippen molar-refractivity contribution in [2.75, 3.05) is 13.6 Å². The Labute approximate surface area is 140 Å². The summed E-state index contributed by atoms with van der Waals surface area (Å²) in [5.41, 5.74) is 3.30. The van der Waals surface area contributed by atoms with Gasteiger partial charge in [0, 0.05) is 19.7 Å². The van der Waals surface area contributed by atoms with Crippen molar-refractivity contribution in [3.63, 3.8) is 0 Å². The van der Waals surface area contributed by atoms with Crippen molar-refractivity contribution >= 4 is 5.90 Å². The standard InChI is InChI=1S/C18H19F2N3O/c1-5-15-21-16(9-17-22(4)18(2,3)11-23(15)17)24-10-12-6-7-13(19)14(20)8-12/h6-9H,1,10-11H2,2-4H3. The Morgan fingerprint density at radius 2 is 2.08 bits per heavy atom. The Hall–Kier alpha value is -2.59. The number of aliphatic imine (C=N–C) groups is 1. The van der Waals surface area contributed by atoms with Crippen LogP contribution in [-0.2, 0) is 11.3 Å². The summed E-state index contributed by atoms with van der Waals surface area (Å²) in [7, 11) is 2.00. The van der Waals surface area contributed by atoms with E-state index < -0.39 is 11.6 Å². The van der Waals surface area contributed by atoms with Crippen molar-refractivity contribution in [2.45, 2.75) is 26.0 Å². The molecule has 1 aromatic rings. The molecule has 24 heavy (non-hydrogen) atoms. The molecule has 0 spiro atoms. The second-order valence-electron chi connectivity index (χ2n) is 6.45. The monoisotopic (exact) mass is 331 g/mol. The number of ether oxygens (including phenoxy) is 1. The molecule has 0 N–H and O–H groups in total. The first-order valence-corrected chi connectivity index (χ1v) is 7.60. The van der Waals surface area contributed by atoms with Crippen molar-refractivity contribution in [3.8, 4) is 0 Å². The summed E-state index contributed by atoms with van der Waals surface area (Å²) in [4.78, 5) is 8.55. The molecule has 0 amide bonds. The Balaban J connectivity index is 1.81. The van der Waals surface area contributed by atoms with E-state index in [-0.39, 0.29) is 12.1 Å². The summed E-state index contributed by atoms with van der Waals surface area (Å²) in [5.74, 6) is 0.154. The van der Waals surface area contributed by atoms with Gasteiger partial charge in [0.05, 0.1) is 5.54 Å². The van der Waals surface area contributed by atoms with E-state index in [4.69, 9.17) is 4.74 Å². The fourth-order valence-corrected chi connectivity index (χ4v) is 2.73. The second kappa shape index (κ2) is 5.80. The van der Waals surface area contributed by atoms with Gasteiger partial charge < -0.3 is 14.5 Å². The summed E-state index contributed by atoms with van der Waals surface area (Å²) in [5, 5.41) is 0. The quantitative estimate of drug-likeness (QED) is 0.778. The summed E-state index contributed by atoms with van der Waals surface area (Å²) in [6.07, 6.45) is 1.83. The first kappa shape index (κ1) is 16.3. The van der Waals surface area contributed by atoms with Crippen LogP contribution in [0.5, 0.6) is 0 Å². The molecule has 1 fully saturated rings. The van der Waals surface area contributed by atoms with Gasteiger partial charge in [-0.1, -0.05) is 18.4 Å². The van der Waals surface area contributed by atoms with E-state index in [0.29, 0.717) is 17.3 Å². The van der Waals surface area contributed by atoms with Gasteiger partial charge in [0.1, 0.15) is 12.4 Å². The lowest BCUT2D eigenvalue weighted by atomic mass is 10.1. The van der Waals surface area contributed by atoms with E-state index in [1.54, 1.807) is 0 Å². The van der Waals surface area contributed by atoms with E-state index >= 15 is 0 Å². The highest BCUT2D eigenvalue weighted by molar-refractivity contribution is 5.90. The SMILES string of the molecule is C=C=C1N=C(OCc2ccc(F)c(F)c2)C=C2N1CC(C)(C)N2C. The number of rotatable bonds is 2. The predicted molar refractivity (Wildman–Crippen MR) is 87.9 cm³/mol. The van der Waals surface area contributed by atoms with Gasteiger partial charge >= 0.3 is 0 Å². The van der Waals surface area contributed by atoms with Crippen LogP contribution >= 0.6 is 0 Å². The topological polar surface area (TPSA) is 28.1 Å². The van der Waals surface area contributed by atoms with Crippen LogP contribution < -0.4 is 0 Å². The predicted octanol–water partition coefficient (Wildman–Crippen LogP) is 3.39. The smallest absolute Gasteiger partial charge is 0.219 e. The van der Waals surface area contributed by atoms with Crippen LogP contribution in [0.25, 0.3) is 0 Å². The third-order valence-electron chi connectivity index (χ3n) is 4.33. The van der Waals surface area contributed by atoms with Crippen molar-refractivity contribution < 1.29 is 13.5 Å². The van der Waals surface area contributed by atoms with Gasteiger partial charge in [0.25, 0.3) is 0 Å². The maximum Gasteiger partial charge on any atom is 0.219 e. The minimum Gasteiger partial charge on any atom is -0.473 e. The average Bonchev–Trinajstić information content (AvgIpc) is 2.78. The number of likely N-dealkylation sites (N-methyl/N-ethyl adjacent to an activating group) is 1. The van der Waals surface area contributed by atoms with E-state index in [1.807, 2.05) is 18.0 Å². The molecule has 2 heterocycles. The van der Waals surface area contributed by atoms with E-state index in [1.165, 1.54) is 6.07 Å². The highest BCUT2D eigenvalue weighted by Crippen LogP contribution is 2.35. The molecule has 126 valence electrons. The van der Waals surface area contributed by atoms with Gasteiger partial charge in [-0.25, -0.2) is 8.78 Å². The molecule has 0 atom stereocenters. The maximum atomic E-state index is 13.3.